The van der Waals surface area contributed by atoms with Gasteiger partial charge in [-0.25, -0.2) is 18.2 Å². The van der Waals surface area contributed by atoms with Gasteiger partial charge in [0.25, 0.3) is 0 Å². The molecule has 140 valence electrons. The minimum atomic E-state index is -3.80. The molecular weight excluding hydrogens is 412 g/mol. The molecule has 1 atom stereocenters. The van der Waals surface area contributed by atoms with Gasteiger partial charge in [-0.3, -0.25) is 0 Å². The Labute approximate surface area is 156 Å². The summed E-state index contributed by atoms with van der Waals surface area (Å²) in [5.74, 6) is -0.0505. The highest BCUT2D eigenvalue weighted by Gasteiger charge is 2.33. The predicted octanol–water partition coefficient (Wildman–Crippen LogP) is 2.10. The zero-order chi connectivity index (χ0) is 18.8. The van der Waals surface area contributed by atoms with Crippen molar-refractivity contribution in [3.8, 4) is 0 Å². The van der Waals surface area contributed by atoms with Crippen molar-refractivity contribution in [2.75, 3.05) is 18.8 Å². The van der Waals surface area contributed by atoms with Gasteiger partial charge in [0.1, 0.15) is 16.3 Å². The summed E-state index contributed by atoms with van der Waals surface area (Å²) >= 11 is 3.21. The summed E-state index contributed by atoms with van der Waals surface area (Å²) in [7, 11) is -3.80. The average Bonchev–Trinajstić information content (AvgIpc) is 2.48. The molecule has 1 amide bonds. The monoisotopic (exact) mass is 434 g/mol. The van der Waals surface area contributed by atoms with Crippen LogP contribution in [0, 0.1) is 0 Å². The zero-order valence-corrected chi connectivity index (χ0v) is 16.9. The SMILES string of the molecule is CC(C)(C)OC(=O)N[C@@H]1CCCN(S(=O)(=O)c2cc(Br)cnc2N)C1. The molecule has 1 saturated heterocycles. The van der Waals surface area contributed by atoms with Crippen LogP contribution in [0.2, 0.25) is 0 Å². The second-order valence-corrected chi connectivity index (χ2v) is 9.71. The summed E-state index contributed by atoms with van der Waals surface area (Å²) < 4.78 is 32.8. The Morgan fingerprint density at radius 2 is 2.16 bits per heavy atom. The third-order valence-electron chi connectivity index (χ3n) is 3.57. The Bertz CT molecular complexity index is 748. The lowest BCUT2D eigenvalue weighted by Gasteiger charge is -2.33. The van der Waals surface area contributed by atoms with Gasteiger partial charge in [-0.1, -0.05) is 0 Å². The Morgan fingerprint density at radius 1 is 1.48 bits per heavy atom. The molecule has 1 aromatic heterocycles. The minimum Gasteiger partial charge on any atom is -0.444 e. The van der Waals surface area contributed by atoms with Crippen LogP contribution in [0.25, 0.3) is 0 Å². The fraction of sp³-hybridized carbons (Fsp3) is 0.600. The highest BCUT2D eigenvalue weighted by atomic mass is 79.9. The fourth-order valence-electron chi connectivity index (χ4n) is 2.53. The molecule has 1 aliphatic heterocycles. The maximum absolute atomic E-state index is 12.9. The van der Waals surface area contributed by atoms with Gasteiger partial charge in [0.05, 0.1) is 0 Å². The van der Waals surface area contributed by atoms with Gasteiger partial charge in [0, 0.05) is 29.8 Å². The Balaban J connectivity index is 2.12. The maximum Gasteiger partial charge on any atom is 0.407 e. The smallest absolute Gasteiger partial charge is 0.407 e. The van der Waals surface area contributed by atoms with Crippen LogP contribution in [0.4, 0.5) is 10.6 Å². The van der Waals surface area contributed by atoms with Gasteiger partial charge < -0.3 is 15.8 Å². The molecule has 0 aromatic carbocycles. The number of rotatable bonds is 3. The summed E-state index contributed by atoms with van der Waals surface area (Å²) in [5.41, 5.74) is 5.13. The molecule has 0 radical (unpaired) electrons. The molecular formula is C15H23BrN4O4S. The third kappa shape index (κ3) is 5.29. The molecule has 2 heterocycles. The molecule has 0 saturated carbocycles. The average molecular weight is 435 g/mol. The number of nitrogen functional groups attached to an aromatic ring is 1. The number of carbonyl (C=O) groups excluding carboxylic acids is 1. The number of ether oxygens (including phenoxy) is 1. The number of aromatic nitrogens is 1. The van der Waals surface area contributed by atoms with Crippen molar-refractivity contribution in [2.45, 2.75) is 50.2 Å². The number of anilines is 1. The summed E-state index contributed by atoms with van der Waals surface area (Å²) in [5, 5.41) is 2.73. The topological polar surface area (TPSA) is 115 Å². The van der Waals surface area contributed by atoms with E-state index in [1.807, 2.05) is 0 Å². The van der Waals surface area contributed by atoms with Crippen LogP contribution in [-0.2, 0) is 14.8 Å². The number of hydrogen-bond donors (Lipinski definition) is 2. The first-order chi connectivity index (χ1) is 11.5. The van der Waals surface area contributed by atoms with Crippen molar-refractivity contribution in [3.05, 3.63) is 16.7 Å². The van der Waals surface area contributed by atoms with E-state index >= 15 is 0 Å². The highest BCUT2D eigenvalue weighted by molar-refractivity contribution is 9.10. The largest absolute Gasteiger partial charge is 0.444 e. The number of halogens is 1. The van der Waals surface area contributed by atoms with E-state index in [-0.39, 0.29) is 23.3 Å². The number of sulfonamides is 1. The van der Waals surface area contributed by atoms with Crippen LogP contribution in [0.3, 0.4) is 0 Å². The summed E-state index contributed by atoms with van der Waals surface area (Å²) in [4.78, 5) is 15.8. The second-order valence-electron chi connectivity index (χ2n) is 6.89. The first kappa shape index (κ1) is 19.9. The number of nitrogens with zero attached hydrogens (tertiary/aromatic N) is 2. The van der Waals surface area contributed by atoms with E-state index in [2.05, 4.69) is 26.2 Å². The molecule has 0 aliphatic carbocycles. The predicted molar refractivity (Wildman–Crippen MR) is 97.5 cm³/mol. The van der Waals surface area contributed by atoms with Gasteiger partial charge in [0.2, 0.25) is 10.0 Å². The quantitative estimate of drug-likeness (QED) is 0.752. The molecule has 8 nitrogen and oxygen atoms in total. The van der Waals surface area contributed by atoms with Crippen molar-refractivity contribution in [1.82, 2.24) is 14.6 Å². The summed E-state index contributed by atoms with van der Waals surface area (Å²) in [6.07, 6.45) is 2.19. The second kappa shape index (κ2) is 7.46. The van der Waals surface area contributed by atoms with Crippen LogP contribution in [-0.4, -0.2) is 48.5 Å². The van der Waals surface area contributed by atoms with Crippen molar-refractivity contribution >= 4 is 37.9 Å². The number of carbonyl (C=O) groups is 1. The molecule has 3 N–H and O–H groups in total. The van der Waals surface area contributed by atoms with Crippen LogP contribution in [0.5, 0.6) is 0 Å². The first-order valence-electron chi connectivity index (χ1n) is 7.90. The molecule has 1 aliphatic rings. The third-order valence-corrected chi connectivity index (χ3v) is 5.90. The Morgan fingerprint density at radius 3 is 2.80 bits per heavy atom. The van der Waals surface area contributed by atoms with Gasteiger partial charge in [-0.2, -0.15) is 4.31 Å². The molecule has 10 heteroatoms. The lowest BCUT2D eigenvalue weighted by molar-refractivity contribution is 0.0487. The van der Waals surface area contributed by atoms with Crippen molar-refractivity contribution in [1.29, 1.82) is 0 Å². The Kier molecular flexibility index (Phi) is 5.95. The van der Waals surface area contributed by atoms with E-state index in [0.29, 0.717) is 23.9 Å². The number of amides is 1. The molecule has 0 bridgehead atoms. The number of alkyl carbamates (subject to hydrolysis) is 1. The maximum atomic E-state index is 12.9. The number of nitrogens with two attached hydrogens (primary N) is 1. The number of pyridine rings is 1. The van der Waals surface area contributed by atoms with E-state index in [9.17, 15) is 13.2 Å². The first-order valence-corrected chi connectivity index (χ1v) is 10.1. The van der Waals surface area contributed by atoms with Gasteiger partial charge in [0.15, 0.2) is 0 Å². The lowest BCUT2D eigenvalue weighted by Crippen LogP contribution is -2.50. The van der Waals surface area contributed by atoms with E-state index in [0.717, 1.165) is 0 Å². The minimum absolute atomic E-state index is 0.0419. The van der Waals surface area contributed by atoms with Crippen LogP contribution >= 0.6 is 15.9 Å². The number of piperidine rings is 1. The molecule has 25 heavy (non-hydrogen) atoms. The zero-order valence-electron chi connectivity index (χ0n) is 14.5. The molecule has 1 aromatic rings. The van der Waals surface area contributed by atoms with Gasteiger partial charge >= 0.3 is 6.09 Å². The van der Waals surface area contributed by atoms with Crippen LogP contribution in [0.1, 0.15) is 33.6 Å². The number of nitrogens with one attached hydrogen (secondary N) is 1. The van der Waals surface area contributed by atoms with E-state index in [1.54, 1.807) is 20.8 Å². The van der Waals surface area contributed by atoms with E-state index in [4.69, 9.17) is 10.5 Å². The standard InChI is InChI=1S/C15H23BrN4O4S/c1-15(2,3)24-14(21)19-11-5-4-6-20(9-11)25(22,23)12-7-10(16)8-18-13(12)17/h7-8,11H,4-6,9H2,1-3H3,(H2,17,18)(H,19,21)/t11-/m1/s1. The normalized spacial score (nSPS) is 19.4. The van der Waals surface area contributed by atoms with Crippen LogP contribution in [0.15, 0.2) is 21.6 Å². The van der Waals surface area contributed by atoms with Crippen molar-refractivity contribution in [2.24, 2.45) is 0 Å². The van der Waals surface area contributed by atoms with Crippen molar-refractivity contribution < 1.29 is 17.9 Å². The molecule has 2 rings (SSSR count). The van der Waals surface area contributed by atoms with E-state index < -0.39 is 21.7 Å². The fourth-order valence-corrected chi connectivity index (χ4v) is 4.63. The van der Waals surface area contributed by atoms with Crippen LogP contribution < -0.4 is 11.1 Å². The van der Waals surface area contributed by atoms with Gasteiger partial charge in [-0.15, -0.1) is 0 Å². The van der Waals surface area contributed by atoms with Gasteiger partial charge in [-0.05, 0) is 55.6 Å². The molecule has 0 unspecified atom stereocenters. The summed E-state index contributed by atoms with van der Waals surface area (Å²) in [6.45, 7) is 5.84. The molecule has 1 fully saturated rings. The summed E-state index contributed by atoms with van der Waals surface area (Å²) in [6, 6.07) is 1.11. The Hall–Kier alpha value is -1.39. The van der Waals surface area contributed by atoms with E-state index in [1.165, 1.54) is 16.6 Å². The highest BCUT2D eigenvalue weighted by Crippen LogP contribution is 2.26. The molecule has 0 spiro atoms. The van der Waals surface area contributed by atoms with Crippen molar-refractivity contribution in [3.63, 3.8) is 0 Å². The number of hydrogen-bond acceptors (Lipinski definition) is 6. The lowest BCUT2D eigenvalue weighted by atomic mass is 10.1.